The summed E-state index contributed by atoms with van der Waals surface area (Å²) in [7, 11) is 1.19. The van der Waals surface area contributed by atoms with Crippen LogP contribution in [0, 0.1) is 0 Å². The number of halogens is 1. The first-order valence-electron chi connectivity index (χ1n) is 6.60. The van der Waals surface area contributed by atoms with E-state index in [0.717, 1.165) is 32.8 Å². The van der Waals surface area contributed by atoms with E-state index in [-0.39, 0.29) is 12.4 Å². The van der Waals surface area contributed by atoms with Gasteiger partial charge >= 0.3 is 5.97 Å². The molecule has 6 nitrogen and oxygen atoms in total. The van der Waals surface area contributed by atoms with Crippen LogP contribution < -0.4 is 5.32 Å². The van der Waals surface area contributed by atoms with Crippen molar-refractivity contribution < 1.29 is 19.1 Å². The van der Waals surface area contributed by atoms with Gasteiger partial charge in [0.25, 0.3) is 5.78 Å². The van der Waals surface area contributed by atoms with E-state index in [2.05, 4.69) is 15.0 Å². The molecule has 21 heavy (non-hydrogen) atoms. The van der Waals surface area contributed by atoms with Crippen LogP contribution in [0.15, 0.2) is 0 Å². The van der Waals surface area contributed by atoms with Crippen molar-refractivity contribution in [3.05, 3.63) is 0 Å². The van der Waals surface area contributed by atoms with Crippen LogP contribution in [-0.4, -0.2) is 67.1 Å². The number of esters is 1. The SMILES string of the molecule is COC(=O)C(=O)C(C)(C)NC(=S)CCN1CCOCC1.Cl. The second kappa shape index (κ2) is 9.30. The molecular formula is C13H23ClN2O4S. The van der Waals surface area contributed by atoms with Gasteiger partial charge in [0.2, 0.25) is 0 Å². The minimum Gasteiger partial charge on any atom is -0.463 e. The summed E-state index contributed by atoms with van der Waals surface area (Å²) in [5, 5.41) is 2.93. The number of ether oxygens (including phenoxy) is 2. The topological polar surface area (TPSA) is 67.9 Å². The monoisotopic (exact) mass is 338 g/mol. The summed E-state index contributed by atoms with van der Waals surface area (Å²) in [6.07, 6.45) is 0.646. The first kappa shape index (κ1) is 20.2. The highest BCUT2D eigenvalue weighted by Crippen LogP contribution is 2.07. The number of nitrogens with zero attached hydrogens (tertiary/aromatic N) is 1. The number of methoxy groups -OCH3 is 1. The number of Topliss-reactive ketones (excluding diaryl/α,β-unsaturated/α-hetero) is 1. The summed E-state index contributed by atoms with van der Waals surface area (Å²) in [4.78, 5) is 25.9. The number of hydrogen-bond acceptors (Lipinski definition) is 6. The van der Waals surface area contributed by atoms with Crippen molar-refractivity contribution in [3.8, 4) is 0 Å². The third kappa shape index (κ3) is 6.69. The molecule has 0 bridgehead atoms. The van der Waals surface area contributed by atoms with Crippen molar-refractivity contribution in [2.45, 2.75) is 25.8 Å². The molecule has 1 N–H and O–H groups in total. The lowest BCUT2D eigenvalue weighted by molar-refractivity contribution is -0.153. The quantitative estimate of drug-likeness (QED) is 0.431. The molecule has 0 saturated carbocycles. The van der Waals surface area contributed by atoms with E-state index >= 15 is 0 Å². The Hall–Kier alpha value is -0.760. The largest absolute Gasteiger partial charge is 0.463 e. The molecule has 1 aliphatic heterocycles. The molecular weight excluding hydrogens is 316 g/mol. The van der Waals surface area contributed by atoms with Crippen LogP contribution in [0.3, 0.4) is 0 Å². The third-order valence-corrected chi connectivity index (χ3v) is 3.46. The van der Waals surface area contributed by atoms with Crippen LogP contribution >= 0.6 is 24.6 Å². The summed E-state index contributed by atoms with van der Waals surface area (Å²) in [6, 6.07) is 0. The van der Waals surface area contributed by atoms with Crippen molar-refractivity contribution in [2.75, 3.05) is 40.0 Å². The van der Waals surface area contributed by atoms with E-state index in [1.807, 2.05) is 0 Å². The van der Waals surface area contributed by atoms with Gasteiger partial charge in [-0.1, -0.05) is 12.2 Å². The van der Waals surface area contributed by atoms with E-state index < -0.39 is 17.3 Å². The number of carbonyl (C=O) groups excluding carboxylic acids is 2. The zero-order chi connectivity index (χ0) is 15.2. The molecule has 8 heteroatoms. The van der Waals surface area contributed by atoms with Crippen LogP contribution in [0.25, 0.3) is 0 Å². The fraction of sp³-hybridized carbons (Fsp3) is 0.769. The lowest BCUT2D eigenvalue weighted by Crippen LogP contribution is -2.52. The van der Waals surface area contributed by atoms with Crippen molar-refractivity contribution >= 4 is 41.4 Å². The fourth-order valence-corrected chi connectivity index (χ4v) is 2.25. The number of rotatable bonds is 6. The number of morpholine rings is 1. The molecule has 1 fully saturated rings. The molecule has 0 radical (unpaired) electrons. The van der Waals surface area contributed by atoms with Gasteiger partial charge in [0.15, 0.2) is 0 Å². The maximum absolute atomic E-state index is 11.8. The van der Waals surface area contributed by atoms with E-state index in [1.165, 1.54) is 7.11 Å². The van der Waals surface area contributed by atoms with E-state index in [4.69, 9.17) is 17.0 Å². The first-order valence-corrected chi connectivity index (χ1v) is 7.01. The van der Waals surface area contributed by atoms with Gasteiger partial charge in [-0.15, -0.1) is 12.4 Å². The highest BCUT2D eigenvalue weighted by atomic mass is 35.5. The van der Waals surface area contributed by atoms with Crippen LogP contribution in [0.5, 0.6) is 0 Å². The maximum atomic E-state index is 11.8. The number of carbonyl (C=O) groups is 2. The predicted octanol–water partition coefficient (Wildman–Crippen LogP) is 0.568. The van der Waals surface area contributed by atoms with Gasteiger partial charge in [0.05, 0.1) is 25.3 Å². The Kier molecular flexibility index (Phi) is 8.96. The van der Waals surface area contributed by atoms with Gasteiger partial charge in [-0.25, -0.2) is 4.79 Å². The summed E-state index contributed by atoms with van der Waals surface area (Å²) < 4.78 is 9.71. The van der Waals surface area contributed by atoms with Crippen molar-refractivity contribution in [3.63, 3.8) is 0 Å². The second-order valence-corrected chi connectivity index (χ2v) is 5.69. The molecule has 0 spiro atoms. The smallest absolute Gasteiger partial charge is 0.376 e. The van der Waals surface area contributed by atoms with Gasteiger partial charge in [-0.3, -0.25) is 9.69 Å². The average Bonchev–Trinajstić information content (AvgIpc) is 2.44. The average molecular weight is 339 g/mol. The molecule has 1 rings (SSSR count). The van der Waals surface area contributed by atoms with Crippen molar-refractivity contribution in [1.29, 1.82) is 0 Å². The van der Waals surface area contributed by atoms with Crippen LogP contribution in [0.4, 0.5) is 0 Å². The number of nitrogens with one attached hydrogen (secondary N) is 1. The minimum absolute atomic E-state index is 0. The summed E-state index contributed by atoms with van der Waals surface area (Å²) in [5.74, 6) is -1.49. The highest BCUT2D eigenvalue weighted by molar-refractivity contribution is 7.80. The van der Waals surface area contributed by atoms with Gasteiger partial charge < -0.3 is 14.8 Å². The molecule has 0 aliphatic carbocycles. The summed E-state index contributed by atoms with van der Waals surface area (Å²) in [6.45, 7) is 7.33. The Balaban J connectivity index is 0.00000400. The zero-order valence-corrected chi connectivity index (χ0v) is 14.3. The minimum atomic E-state index is -1.05. The second-order valence-electron chi connectivity index (χ2n) is 5.20. The Morgan fingerprint density at radius 2 is 1.90 bits per heavy atom. The van der Waals surface area contributed by atoms with E-state index in [1.54, 1.807) is 13.8 Å². The molecule has 0 atom stereocenters. The molecule has 0 aromatic carbocycles. The number of hydrogen-bond donors (Lipinski definition) is 1. The van der Waals surface area contributed by atoms with Crippen LogP contribution in [0.1, 0.15) is 20.3 Å². The predicted molar refractivity (Wildman–Crippen MR) is 86.0 cm³/mol. The standard InChI is InChI=1S/C13H22N2O4S.ClH/c1-13(2,11(16)12(17)18-3)14-10(20)4-5-15-6-8-19-9-7-15;/h4-9H2,1-3H3,(H,14,20);1H. The highest BCUT2D eigenvalue weighted by Gasteiger charge is 2.34. The molecule has 0 aromatic heterocycles. The zero-order valence-electron chi connectivity index (χ0n) is 12.6. The summed E-state index contributed by atoms with van der Waals surface area (Å²) >= 11 is 5.24. The van der Waals surface area contributed by atoms with E-state index in [0.29, 0.717) is 11.4 Å². The molecule has 1 heterocycles. The molecule has 0 amide bonds. The fourth-order valence-electron chi connectivity index (χ4n) is 1.90. The maximum Gasteiger partial charge on any atom is 0.376 e. The normalized spacial score (nSPS) is 15.8. The van der Waals surface area contributed by atoms with Gasteiger partial charge in [0.1, 0.15) is 5.54 Å². The molecule has 1 aliphatic rings. The van der Waals surface area contributed by atoms with Crippen molar-refractivity contribution in [1.82, 2.24) is 10.2 Å². The van der Waals surface area contributed by atoms with Gasteiger partial charge in [-0.2, -0.15) is 0 Å². The molecule has 0 unspecified atom stereocenters. The Morgan fingerprint density at radius 3 is 2.43 bits per heavy atom. The Morgan fingerprint density at radius 1 is 1.33 bits per heavy atom. The van der Waals surface area contributed by atoms with Crippen LogP contribution in [-0.2, 0) is 19.1 Å². The first-order chi connectivity index (χ1) is 9.36. The molecule has 1 saturated heterocycles. The number of ketones is 1. The molecule has 122 valence electrons. The lowest BCUT2D eigenvalue weighted by Gasteiger charge is -2.28. The number of thiocarbonyl (C=S) groups is 1. The summed E-state index contributed by atoms with van der Waals surface area (Å²) in [5.41, 5.74) is -1.05. The lowest BCUT2D eigenvalue weighted by atomic mass is 9.99. The Labute approximate surface area is 136 Å². The third-order valence-electron chi connectivity index (χ3n) is 3.15. The Bertz CT molecular complexity index is 384. The van der Waals surface area contributed by atoms with Crippen LogP contribution in [0.2, 0.25) is 0 Å². The van der Waals surface area contributed by atoms with Gasteiger partial charge in [0, 0.05) is 26.1 Å². The van der Waals surface area contributed by atoms with Gasteiger partial charge in [-0.05, 0) is 13.8 Å². The van der Waals surface area contributed by atoms with Crippen molar-refractivity contribution in [2.24, 2.45) is 0 Å². The molecule has 0 aromatic rings. The van der Waals surface area contributed by atoms with E-state index in [9.17, 15) is 9.59 Å².